The number of para-hydroxylation sites is 1. The molecule has 0 saturated heterocycles. The molecule has 1 aliphatic heterocycles. The molecule has 0 saturated carbocycles. The second kappa shape index (κ2) is 10.4. The van der Waals surface area contributed by atoms with E-state index in [1.54, 1.807) is 0 Å². The van der Waals surface area contributed by atoms with Gasteiger partial charge in [0.1, 0.15) is 6.04 Å². The number of rotatable bonds is 7. The molecule has 6 heteroatoms. The molecule has 3 aromatic carbocycles. The zero-order valence-corrected chi connectivity index (χ0v) is 20.7. The maximum atomic E-state index is 13.5. The Bertz CT molecular complexity index is 1370. The van der Waals surface area contributed by atoms with Gasteiger partial charge in [-0.15, -0.1) is 0 Å². The maximum absolute atomic E-state index is 13.5. The number of fused-ring (bicyclic) bond motifs is 2. The van der Waals surface area contributed by atoms with Gasteiger partial charge in [0, 0.05) is 35.8 Å². The molecule has 0 unspecified atom stereocenters. The molecular weight excluding hydrogens is 448 g/mol. The SMILES string of the molecule is CC(C)c1ccc(NC(=O)[C@H](Cc2c[nH]c3ccccc23)NC(=O)[C@@H]2Cc3ccccc3CN2)cc1. The molecule has 1 aliphatic rings. The van der Waals surface area contributed by atoms with Gasteiger partial charge in [0.2, 0.25) is 11.8 Å². The van der Waals surface area contributed by atoms with E-state index < -0.39 is 6.04 Å². The number of carbonyl (C=O) groups excluding carboxylic acids is 2. The lowest BCUT2D eigenvalue weighted by Crippen LogP contribution is -2.53. The molecule has 0 fully saturated rings. The van der Waals surface area contributed by atoms with Crippen LogP contribution in [0.25, 0.3) is 10.9 Å². The lowest BCUT2D eigenvalue weighted by Gasteiger charge is -2.27. The first-order valence-corrected chi connectivity index (χ1v) is 12.5. The highest BCUT2D eigenvalue weighted by atomic mass is 16.2. The molecule has 4 aromatic rings. The quantitative estimate of drug-likeness (QED) is 0.310. The van der Waals surface area contributed by atoms with Crippen molar-refractivity contribution in [3.8, 4) is 0 Å². The van der Waals surface area contributed by atoms with E-state index in [-0.39, 0.29) is 17.9 Å². The van der Waals surface area contributed by atoms with Crippen molar-refractivity contribution >= 4 is 28.4 Å². The summed E-state index contributed by atoms with van der Waals surface area (Å²) in [5.41, 5.74) is 6.29. The monoisotopic (exact) mass is 480 g/mol. The van der Waals surface area contributed by atoms with E-state index in [0.29, 0.717) is 31.0 Å². The van der Waals surface area contributed by atoms with E-state index in [1.807, 2.05) is 66.9 Å². The summed E-state index contributed by atoms with van der Waals surface area (Å²) < 4.78 is 0. The van der Waals surface area contributed by atoms with E-state index in [0.717, 1.165) is 16.5 Å². The molecule has 1 aromatic heterocycles. The second-order valence-corrected chi connectivity index (χ2v) is 9.80. The van der Waals surface area contributed by atoms with Crippen molar-refractivity contribution in [1.82, 2.24) is 15.6 Å². The van der Waals surface area contributed by atoms with Crippen molar-refractivity contribution in [3.05, 3.63) is 101 Å². The number of amides is 2. The molecule has 2 atom stereocenters. The van der Waals surface area contributed by atoms with E-state index >= 15 is 0 Å². The Hall–Kier alpha value is -3.90. The number of anilines is 1. The predicted octanol–water partition coefficient (Wildman–Crippen LogP) is 4.67. The van der Waals surface area contributed by atoms with Crippen LogP contribution in [-0.2, 0) is 29.0 Å². The molecule has 0 aliphatic carbocycles. The number of aromatic nitrogens is 1. The van der Waals surface area contributed by atoms with Crippen LogP contribution in [0.5, 0.6) is 0 Å². The van der Waals surface area contributed by atoms with Crippen LogP contribution >= 0.6 is 0 Å². The number of H-pyrrole nitrogens is 1. The third-order valence-electron chi connectivity index (χ3n) is 6.97. The molecule has 2 heterocycles. The fourth-order valence-electron chi connectivity index (χ4n) is 4.82. The summed E-state index contributed by atoms with van der Waals surface area (Å²) in [7, 11) is 0. The summed E-state index contributed by atoms with van der Waals surface area (Å²) in [5.74, 6) is 0.0126. The van der Waals surface area contributed by atoms with Crippen molar-refractivity contribution in [3.63, 3.8) is 0 Å². The Morgan fingerprint density at radius 2 is 1.67 bits per heavy atom. The van der Waals surface area contributed by atoms with Crippen LogP contribution in [0.3, 0.4) is 0 Å². The molecule has 2 amide bonds. The summed E-state index contributed by atoms with van der Waals surface area (Å²) >= 11 is 0. The first kappa shape index (κ1) is 23.8. The van der Waals surface area contributed by atoms with Crippen LogP contribution < -0.4 is 16.0 Å². The molecular formula is C30H32N4O2. The van der Waals surface area contributed by atoms with Crippen LogP contribution in [0, 0.1) is 0 Å². The number of hydrogen-bond acceptors (Lipinski definition) is 3. The highest BCUT2D eigenvalue weighted by Crippen LogP contribution is 2.21. The Balaban J connectivity index is 1.35. The van der Waals surface area contributed by atoms with Gasteiger partial charge in [0.05, 0.1) is 6.04 Å². The standard InChI is InChI=1S/C30H32N4O2/c1-19(2)20-11-13-24(14-12-20)33-30(36)28(16-23-18-31-26-10-6-5-9-25(23)26)34-29(35)27-15-21-7-3-4-8-22(21)17-32-27/h3-14,18-19,27-28,31-32H,15-17H2,1-2H3,(H,33,36)(H,34,35)/t27-,28-/m0/s1. The minimum Gasteiger partial charge on any atom is -0.361 e. The van der Waals surface area contributed by atoms with Crippen molar-refractivity contribution in [2.45, 2.75) is 51.2 Å². The van der Waals surface area contributed by atoms with Crippen LogP contribution in [0.4, 0.5) is 5.69 Å². The summed E-state index contributed by atoms with van der Waals surface area (Å²) in [6, 6.07) is 22.9. The van der Waals surface area contributed by atoms with Crippen molar-refractivity contribution in [1.29, 1.82) is 0 Å². The second-order valence-electron chi connectivity index (χ2n) is 9.80. The van der Waals surface area contributed by atoms with Crippen LogP contribution in [0.1, 0.15) is 42.0 Å². The van der Waals surface area contributed by atoms with E-state index in [2.05, 4.69) is 46.9 Å². The van der Waals surface area contributed by atoms with Crippen LogP contribution in [0.2, 0.25) is 0 Å². The van der Waals surface area contributed by atoms with Crippen molar-refractivity contribution in [2.24, 2.45) is 0 Å². The van der Waals surface area contributed by atoms with Gasteiger partial charge in [-0.25, -0.2) is 0 Å². The van der Waals surface area contributed by atoms with Gasteiger partial charge < -0.3 is 20.9 Å². The average molecular weight is 481 g/mol. The van der Waals surface area contributed by atoms with Gasteiger partial charge in [0.15, 0.2) is 0 Å². The summed E-state index contributed by atoms with van der Waals surface area (Å²) in [4.78, 5) is 30.0. The Kier molecular flexibility index (Phi) is 6.87. The van der Waals surface area contributed by atoms with Gasteiger partial charge in [-0.05, 0) is 52.8 Å². The molecule has 0 spiro atoms. The average Bonchev–Trinajstić information content (AvgIpc) is 3.31. The fraction of sp³-hybridized carbons (Fsp3) is 0.267. The van der Waals surface area contributed by atoms with Gasteiger partial charge >= 0.3 is 0 Å². The Morgan fingerprint density at radius 3 is 2.44 bits per heavy atom. The summed E-state index contributed by atoms with van der Waals surface area (Å²) in [6.45, 7) is 4.91. The third-order valence-corrected chi connectivity index (χ3v) is 6.97. The summed E-state index contributed by atoms with van der Waals surface area (Å²) in [6.07, 6.45) is 2.90. The molecule has 0 radical (unpaired) electrons. The lowest BCUT2D eigenvalue weighted by molar-refractivity contribution is -0.128. The maximum Gasteiger partial charge on any atom is 0.247 e. The largest absolute Gasteiger partial charge is 0.361 e. The fourth-order valence-corrected chi connectivity index (χ4v) is 4.82. The number of benzene rings is 3. The molecule has 36 heavy (non-hydrogen) atoms. The minimum atomic E-state index is -0.722. The van der Waals surface area contributed by atoms with Crippen LogP contribution in [-0.4, -0.2) is 28.9 Å². The van der Waals surface area contributed by atoms with Crippen molar-refractivity contribution < 1.29 is 9.59 Å². The number of carbonyl (C=O) groups is 2. The van der Waals surface area contributed by atoms with E-state index in [9.17, 15) is 9.59 Å². The highest BCUT2D eigenvalue weighted by molar-refractivity contribution is 5.98. The number of nitrogens with one attached hydrogen (secondary N) is 4. The van der Waals surface area contributed by atoms with Crippen molar-refractivity contribution in [2.75, 3.05) is 5.32 Å². The van der Waals surface area contributed by atoms with E-state index in [1.165, 1.54) is 16.7 Å². The normalized spacial score (nSPS) is 15.9. The smallest absolute Gasteiger partial charge is 0.247 e. The zero-order chi connectivity index (χ0) is 25.1. The van der Waals surface area contributed by atoms with Crippen LogP contribution in [0.15, 0.2) is 79.0 Å². The highest BCUT2D eigenvalue weighted by Gasteiger charge is 2.29. The minimum absolute atomic E-state index is 0.167. The first-order chi connectivity index (χ1) is 17.5. The van der Waals surface area contributed by atoms with Gasteiger partial charge in [-0.3, -0.25) is 9.59 Å². The number of aromatic amines is 1. The topological polar surface area (TPSA) is 86.0 Å². The third kappa shape index (κ3) is 5.19. The Labute approximate surface area is 211 Å². The number of hydrogen-bond donors (Lipinski definition) is 4. The summed E-state index contributed by atoms with van der Waals surface area (Å²) in [5, 5.41) is 10.4. The molecule has 0 bridgehead atoms. The van der Waals surface area contributed by atoms with E-state index in [4.69, 9.17) is 0 Å². The zero-order valence-electron chi connectivity index (χ0n) is 20.7. The van der Waals surface area contributed by atoms with Gasteiger partial charge in [0.25, 0.3) is 0 Å². The molecule has 5 rings (SSSR count). The Morgan fingerprint density at radius 1 is 0.944 bits per heavy atom. The molecule has 6 nitrogen and oxygen atoms in total. The van der Waals surface area contributed by atoms with Gasteiger partial charge in [-0.1, -0.05) is 68.4 Å². The predicted molar refractivity (Wildman–Crippen MR) is 144 cm³/mol. The molecule has 4 N–H and O–H groups in total. The first-order valence-electron chi connectivity index (χ1n) is 12.5. The lowest BCUT2D eigenvalue weighted by atomic mass is 9.95. The van der Waals surface area contributed by atoms with Gasteiger partial charge in [-0.2, -0.15) is 0 Å². The molecule has 184 valence electrons.